The number of rotatable bonds is 7. The second-order valence-corrected chi connectivity index (χ2v) is 4.86. The summed E-state index contributed by atoms with van der Waals surface area (Å²) in [4.78, 5) is 2.49. The van der Waals surface area contributed by atoms with Gasteiger partial charge in [-0.15, -0.1) is 0 Å². The van der Waals surface area contributed by atoms with Crippen LogP contribution >= 0.6 is 0 Å². The first-order valence-corrected chi connectivity index (χ1v) is 6.32. The minimum absolute atomic E-state index is 0.115. The Kier molecular flexibility index (Phi) is 4.54. The van der Waals surface area contributed by atoms with E-state index in [1.165, 1.54) is 18.4 Å². The number of hydrogen-bond acceptors (Lipinski definition) is 3. The van der Waals surface area contributed by atoms with Crippen LogP contribution in [0.1, 0.15) is 18.4 Å². The highest BCUT2D eigenvalue weighted by atomic mass is 16.5. The van der Waals surface area contributed by atoms with Gasteiger partial charge < -0.3 is 10.5 Å². The van der Waals surface area contributed by atoms with Crippen LogP contribution in [-0.2, 0) is 11.3 Å². The molecule has 94 valence electrons. The van der Waals surface area contributed by atoms with Gasteiger partial charge in [0.15, 0.2) is 0 Å². The second kappa shape index (κ2) is 6.15. The van der Waals surface area contributed by atoms with Crippen LogP contribution < -0.4 is 5.73 Å². The summed E-state index contributed by atoms with van der Waals surface area (Å²) in [6.45, 7) is 2.56. The van der Waals surface area contributed by atoms with Crippen molar-refractivity contribution in [2.24, 2.45) is 5.73 Å². The van der Waals surface area contributed by atoms with Crippen molar-refractivity contribution in [1.29, 1.82) is 0 Å². The monoisotopic (exact) mass is 234 g/mol. The lowest BCUT2D eigenvalue weighted by molar-refractivity contribution is 0.148. The summed E-state index contributed by atoms with van der Waals surface area (Å²) in [5.41, 5.74) is 7.40. The first-order chi connectivity index (χ1) is 8.29. The third-order valence-corrected chi connectivity index (χ3v) is 3.14. The minimum atomic E-state index is 0.115. The SMILES string of the molecule is COCC(N)CN(Cc1ccccc1)C1CC1. The molecule has 2 N–H and O–H groups in total. The Bertz CT molecular complexity index is 324. The van der Waals surface area contributed by atoms with Crippen LogP contribution in [0.2, 0.25) is 0 Å². The minimum Gasteiger partial charge on any atom is -0.383 e. The summed E-state index contributed by atoms with van der Waals surface area (Å²) < 4.78 is 5.10. The van der Waals surface area contributed by atoms with Crippen LogP contribution in [0.15, 0.2) is 30.3 Å². The predicted molar refractivity (Wildman–Crippen MR) is 69.7 cm³/mol. The summed E-state index contributed by atoms with van der Waals surface area (Å²) in [5.74, 6) is 0. The smallest absolute Gasteiger partial charge is 0.0626 e. The molecule has 1 saturated carbocycles. The molecule has 0 saturated heterocycles. The maximum Gasteiger partial charge on any atom is 0.0626 e. The number of nitrogens with zero attached hydrogens (tertiary/aromatic N) is 1. The average molecular weight is 234 g/mol. The van der Waals surface area contributed by atoms with Crippen LogP contribution in [0.5, 0.6) is 0 Å². The van der Waals surface area contributed by atoms with Crippen molar-refractivity contribution in [1.82, 2.24) is 4.90 Å². The normalized spacial score (nSPS) is 17.4. The molecular weight excluding hydrogens is 212 g/mol. The van der Waals surface area contributed by atoms with E-state index in [4.69, 9.17) is 10.5 Å². The molecule has 1 aliphatic rings. The zero-order chi connectivity index (χ0) is 12.1. The van der Waals surface area contributed by atoms with Crippen LogP contribution in [0.25, 0.3) is 0 Å². The van der Waals surface area contributed by atoms with Gasteiger partial charge in [0, 0.05) is 32.3 Å². The Labute approximate surface area is 104 Å². The fraction of sp³-hybridized carbons (Fsp3) is 0.571. The summed E-state index contributed by atoms with van der Waals surface area (Å²) in [6.07, 6.45) is 2.62. The van der Waals surface area contributed by atoms with Crippen molar-refractivity contribution in [3.8, 4) is 0 Å². The molecule has 0 aliphatic heterocycles. The van der Waals surface area contributed by atoms with Crippen molar-refractivity contribution in [3.63, 3.8) is 0 Å². The van der Waals surface area contributed by atoms with E-state index in [1.807, 2.05) is 0 Å². The lowest BCUT2D eigenvalue weighted by atomic mass is 10.2. The van der Waals surface area contributed by atoms with Gasteiger partial charge in [0.1, 0.15) is 0 Å². The molecule has 0 heterocycles. The van der Waals surface area contributed by atoms with E-state index in [0.29, 0.717) is 6.61 Å². The largest absolute Gasteiger partial charge is 0.383 e. The number of methoxy groups -OCH3 is 1. The molecule has 2 rings (SSSR count). The van der Waals surface area contributed by atoms with E-state index in [2.05, 4.69) is 35.2 Å². The van der Waals surface area contributed by atoms with E-state index < -0.39 is 0 Å². The van der Waals surface area contributed by atoms with E-state index in [0.717, 1.165) is 19.1 Å². The van der Waals surface area contributed by atoms with Gasteiger partial charge in [-0.3, -0.25) is 4.90 Å². The van der Waals surface area contributed by atoms with Gasteiger partial charge in [0.2, 0.25) is 0 Å². The molecule has 0 aromatic heterocycles. The standard InChI is InChI=1S/C14H22N2O/c1-17-11-13(15)10-16(14-7-8-14)9-12-5-3-2-4-6-12/h2-6,13-14H,7-11,15H2,1H3. The highest BCUT2D eigenvalue weighted by molar-refractivity contribution is 5.15. The van der Waals surface area contributed by atoms with Crippen LogP contribution in [0.4, 0.5) is 0 Å². The Morgan fingerprint density at radius 1 is 1.35 bits per heavy atom. The molecule has 3 heteroatoms. The number of benzene rings is 1. The fourth-order valence-corrected chi connectivity index (χ4v) is 2.17. The van der Waals surface area contributed by atoms with Crippen molar-refractivity contribution >= 4 is 0 Å². The highest BCUT2D eigenvalue weighted by Gasteiger charge is 2.29. The lowest BCUT2D eigenvalue weighted by Gasteiger charge is -2.25. The topological polar surface area (TPSA) is 38.5 Å². The Hall–Kier alpha value is -0.900. The molecule has 1 atom stereocenters. The maximum absolute atomic E-state index is 6.04. The first kappa shape index (κ1) is 12.6. The zero-order valence-corrected chi connectivity index (χ0v) is 10.5. The summed E-state index contributed by atoms with van der Waals surface area (Å²) in [6, 6.07) is 11.4. The third kappa shape index (κ3) is 4.11. The van der Waals surface area contributed by atoms with E-state index >= 15 is 0 Å². The molecule has 0 amide bonds. The molecule has 17 heavy (non-hydrogen) atoms. The highest BCUT2D eigenvalue weighted by Crippen LogP contribution is 2.28. The van der Waals surface area contributed by atoms with Gasteiger partial charge in [0.05, 0.1) is 6.61 Å². The van der Waals surface area contributed by atoms with Gasteiger partial charge >= 0.3 is 0 Å². The molecule has 1 unspecified atom stereocenters. The molecule has 3 nitrogen and oxygen atoms in total. The van der Waals surface area contributed by atoms with Crippen molar-refractivity contribution in [3.05, 3.63) is 35.9 Å². The number of nitrogens with two attached hydrogens (primary N) is 1. The molecule has 0 bridgehead atoms. The van der Waals surface area contributed by atoms with Crippen molar-refractivity contribution in [2.45, 2.75) is 31.5 Å². The Balaban J connectivity index is 1.89. The van der Waals surface area contributed by atoms with Gasteiger partial charge in [-0.2, -0.15) is 0 Å². The molecule has 1 aromatic rings. The lowest BCUT2D eigenvalue weighted by Crippen LogP contribution is -2.41. The van der Waals surface area contributed by atoms with Crippen LogP contribution in [0, 0.1) is 0 Å². The average Bonchev–Trinajstić information content (AvgIpc) is 3.14. The van der Waals surface area contributed by atoms with Crippen LogP contribution in [0.3, 0.4) is 0 Å². The second-order valence-electron chi connectivity index (χ2n) is 4.86. The number of hydrogen-bond donors (Lipinski definition) is 1. The summed E-state index contributed by atoms with van der Waals surface area (Å²) in [5, 5.41) is 0. The maximum atomic E-state index is 6.04. The van der Waals surface area contributed by atoms with Gasteiger partial charge in [-0.1, -0.05) is 30.3 Å². The number of ether oxygens (including phenoxy) is 1. The van der Waals surface area contributed by atoms with Gasteiger partial charge in [0.25, 0.3) is 0 Å². The Morgan fingerprint density at radius 3 is 2.65 bits per heavy atom. The molecular formula is C14H22N2O. The third-order valence-electron chi connectivity index (χ3n) is 3.14. The van der Waals surface area contributed by atoms with E-state index in [1.54, 1.807) is 7.11 Å². The first-order valence-electron chi connectivity index (χ1n) is 6.32. The predicted octanol–water partition coefficient (Wildman–Crippen LogP) is 1.62. The van der Waals surface area contributed by atoms with Crippen molar-refractivity contribution in [2.75, 3.05) is 20.3 Å². The molecule has 0 spiro atoms. The quantitative estimate of drug-likeness (QED) is 0.779. The molecule has 1 aliphatic carbocycles. The molecule has 0 radical (unpaired) electrons. The van der Waals surface area contributed by atoms with Gasteiger partial charge in [-0.05, 0) is 18.4 Å². The fourth-order valence-electron chi connectivity index (χ4n) is 2.17. The van der Waals surface area contributed by atoms with Crippen molar-refractivity contribution < 1.29 is 4.74 Å². The van der Waals surface area contributed by atoms with Gasteiger partial charge in [-0.25, -0.2) is 0 Å². The molecule has 1 aromatic carbocycles. The zero-order valence-electron chi connectivity index (χ0n) is 10.5. The summed E-state index contributed by atoms with van der Waals surface area (Å²) in [7, 11) is 1.71. The van der Waals surface area contributed by atoms with E-state index in [-0.39, 0.29) is 6.04 Å². The molecule has 1 fully saturated rings. The Morgan fingerprint density at radius 2 is 2.06 bits per heavy atom. The van der Waals surface area contributed by atoms with E-state index in [9.17, 15) is 0 Å². The summed E-state index contributed by atoms with van der Waals surface area (Å²) >= 11 is 0. The van der Waals surface area contributed by atoms with Crippen LogP contribution in [-0.4, -0.2) is 37.2 Å².